The van der Waals surface area contributed by atoms with E-state index in [0.29, 0.717) is 6.61 Å². The number of carbonyl (C=O) groups is 1. The van der Waals surface area contributed by atoms with Gasteiger partial charge in [0, 0.05) is 0 Å². The van der Waals surface area contributed by atoms with E-state index < -0.39 is 3.79 Å². The third kappa shape index (κ3) is 9.04. The van der Waals surface area contributed by atoms with Gasteiger partial charge < -0.3 is 4.74 Å². The highest BCUT2D eigenvalue weighted by Gasteiger charge is 2.22. The fourth-order valence-corrected chi connectivity index (χ4v) is 1.15. The summed E-state index contributed by atoms with van der Waals surface area (Å²) in [6.45, 7) is 5.89. The normalized spacial score (nSPS) is 13.2. The molecule has 0 N–H and O–H groups in total. The number of hydrogen-bond acceptors (Lipinski definition) is 2. The molecule has 0 spiro atoms. The standard InChI is InChI=1S/C10H15Cl3O2/c1-4-15-8(14)7-9(2,3)5-6-10(11,12)13/h5-6H,4,7H2,1-3H3/b6-5+. The summed E-state index contributed by atoms with van der Waals surface area (Å²) in [5.41, 5.74) is -0.379. The third-order valence-corrected chi connectivity index (χ3v) is 2.01. The second kappa shape index (κ2) is 5.97. The summed E-state index contributed by atoms with van der Waals surface area (Å²) >= 11 is 16.7. The maximum absolute atomic E-state index is 11.2. The van der Waals surface area contributed by atoms with Gasteiger partial charge in [0.25, 0.3) is 0 Å². The number of carbonyl (C=O) groups excluding carboxylic acids is 1. The summed E-state index contributed by atoms with van der Waals surface area (Å²) < 4.78 is 3.41. The summed E-state index contributed by atoms with van der Waals surface area (Å²) in [7, 11) is 0. The number of halogens is 3. The molecule has 0 aromatic carbocycles. The quantitative estimate of drug-likeness (QED) is 0.441. The van der Waals surface area contributed by atoms with Crippen molar-refractivity contribution in [3.8, 4) is 0 Å². The van der Waals surface area contributed by atoms with E-state index in [1.165, 1.54) is 6.08 Å². The van der Waals surface area contributed by atoms with E-state index in [1.807, 2.05) is 13.8 Å². The maximum atomic E-state index is 11.2. The van der Waals surface area contributed by atoms with Crippen LogP contribution in [0.1, 0.15) is 27.2 Å². The van der Waals surface area contributed by atoms with Gasteiger partial charge in [-0.15, -0.1) is 0 Å². The van der Waals surface area contributed by atoms with Crippen molar-refractivity contribution in [1.29, 1.82) is 0 Å². The van der Waals surface area contributed by atoms with E-state index in [1.54, 1.807) is 13.0 Å². The maximum Gasteiger partial charge on any atom is 0.306 e. The van der Waals surface area contributed by atoms with Crippen LogP contribution in [0.3, 0.4) is 0 Å². The van der Waals surface area contributed by atoms with Gasteiger partial charge >= 0.3 is 5.97 Å². The summed E-state index contributed by atoms with van der Waals surface area (Å²) in [4.78, 5) is 11.2. The highest BCUT2D eigenvalue weighted by atomic mass is 35.6. The van der Waals surface area contributed by atoms with Crippen LogP contribution in [0.5, 0.6) is 0 Å². The summed E-state index contributed by atoms with van der Waals surface area (Å²) in [5, 5.41) is 0. The van der Waals surface area contributed by atoms with E-state index >= 15 is 0 Å². The first-order chi connectivity index (χ1) is 6.66. The summed E-state index contributed by atoms with van der Waals surface area (Å²) in [5.74, 6) is -0.253. The van der Waals surface area contributed by atoms with E-state index in [4.69, 9.17) is 39.5 Å². The molecule has 0 radical (unpaired) electrons. The lowest BCUT2D eigenvalue weighted by Crippen LogP contribution is -2.17. The highest BCUT2D eigenvalue weighted by molar-refractivity contribution is 6.68. The lowest BCUT2D eigenvalue weighted by Gasteiger charge is -2.19. The summed E-state index contributed by atoms with van der Waals surface area (Å²) in [6, 6.07) is 0. The molecule has 0 amide bonds. The van der Waals surface area contributed by atoms with Crippen molar-refractivity contribution in [2.24, 2.45) is 5.41 Å². The predicted octanol–water partition coefficient (Wildman–Crippen LogP) is 3.89. The second-order valence-corrected chi connectivity index (χ2v) is 6.21. The lowest BCUT2D eigenvalue weighted by atomic mass is 9.89. The first-order valence-corrected chi connectivity index (χ1v) is 5.72. The Kier molecular flexibility index (Phi) is 6.01. The molecule has 0 saturated heterocycles. The number of rotatable bonds is 4. The first kappa shape index (κ1) is 15.1. The zero-order valence-corrected chi connectivity index (χ0v) is 11.3. The molecule has 2 nitrogen and oxygen atoms in total. The minimum atomic E-state index is -1.42. The van der Waals surface area contributed by atoms with E-state index in [2.05, 4.69) is 0 Å². The van der Waals surface area contributed by atoms with Crippen LogP contribution >= 0.6 is 34.8 Å². The minimum Gasteiger partial charge on any atom is -0.466 e. The van der Waals surface area contributed by atoms with Crippen LogP contribution in [0.25, 0.3) is 0 Å². The fourth-order valence-electron chi connectivity index (χ4n) is 0.963. The van der Waals surface area contributed by atoms with Gasteiger partial charge in [0.05, 0.1) is 13.0 Å². The molecule has 0 aliphatic heterocycles. The van der Waals surface area contributed by atoms with Crippen molar-refractivity contribution in [1.82, 2.24) is 0 Å². The molecule has 0 saturated carbocycles. The van der Waals surface area contributed by atoms with Crippen molar-refractivity contribution in [2.75, 3.05) is 6.61 Å². The van der Waals surface area contributed by atoms with Crippen LogP contribution in [0.4, 0.5) is 0 Å². The molecule has 15 heavy (non-hydrogen) atoms. The van der Waals surface area contributed by atoms with Crippen molar-refractivity contribution in [2.45, 2.75) is 31.0 Å². The van der Waals surface area contributed by atoms with Gasteiger partial charge in [-0.1, -0.05) is 54.7 Å². The first-order valence-electron chi connectivity index (χ1n) is 4.59. The Morgan fingerprint density at radius 3 is 2.20 bits per heavy atom. The zero-order chi connectivity index (χ0) is 12.1. The summed E-state index contributed by atoms with van der Waals surface area (Å²) in [6.07, 6.45) is 3.41. The number of hydrogen-bond donors (Lipinski definition) is 0. The van der Waals surface area contributed by atoms with Crippen molar-refractivity contribution in [3.05, 3.63) is 12.2 Å². The molecule has 0 atom stereocenters. The molecule has 0 aromatic rings. The topological polar surface area (TPSA) is 26.3 Å². The van der Waals surface area contributed by atoms with Gasteiger partial charge in [-0.05, 0) is 18.4 Å². The molecular formula is C10H15Cl3O2. The smallest absolute Gasteiger partial charge is 0.306 e. The minimum absolute atomic E-state index is 0.253. The number of esters is 1. The average Bonchev–Trinajstić information content (AvgIpc) is 1.99. The number of ether oxygens (including phenoxy) is 1. The van der Waals surface area contributed by atoms with E-state index in [-0.39, 0.29) is 17.8 Å². The molecule has 0 unspecified atom stereocenters. The lowest BCUT2D eigenvalue weighted by molar-refractivity contribution is -0.144. The molecule has 0 aromatic heterocycles. The molecular weight excluding hydrogens is 258 g/mol. The SMILES string of the molecule is CCOC(=O)CC(C)(C)/C=C/C(Cl)(Cl)Cl. The van der Waals surface area contributed by atoms with Crippen molar-refractivity contribution >= 4 is 40.8 Å². The molecule has 5 heteroatoms. The van der Waals surface area contributed by atoms with Crippen LogP contribution < -0.4 is 0 Å². The fraction of sp³-hybridized carbons (Fsp3) is 0.700. The van der Waals surface area contributed by atoms with Crippen LogP contribution in [0, 0.1) is 5.41 Å². The predicted molar refractivity (Wildman–Crippen MR) is 64.5 cm³/mol. The van der Waals surface area contributed by atoms with Crippen LogP contribution in [-0.4, -0.2) is 16.4 Å². The van der Waals surface area contributed by atoms with Gasteiger partial charge in [0.2, 0.25) is 3.79 Å². The van der Waals surface area contributed by atoms with Crippen molar-refractivity contribution in [3.63, 3.8) is 0 Å². The molecule has 88 valence electrons. The van der Waals surface area contributed by atoms with E-state index in [9.17, 15) is 4.79 Å². The van der Waals surface area contributed by atoms with E-state index in [0.717, 1.165) is 0 Å². The van der Waals surface area contributed by atoms with Crippen LogP contribution in [-0.2, 0) is 9.53 Å². The Bertz CT molecular complexity index is 242. The second-order valence-electron chi connectivity index (χ2n) is 3.85. The van der Waals surface area contributed by atoms with Crippen molar-refractivity contribution < 1.29 is 9.53 Å². The van der Waals surface area contributed by atoms with Gasteiger partial charge in [-0.2, -0.15) is 0 Å². The van der Waals surface area contributed by atoms with Gasteiger partial charge in [-0.25, -0.2) is 0 Å². The third-order valence-electron chi connectivity index (χ3n) is 1.63. The zero-order valence-electron chi connectivity index (χ0n) is 9.02. The highest BCUT2D eigenvalue weighted by Crippen LogP contribution is 2.31. The van der Waals surface area contributed by atoms with Gasteiger partial charge in [0.15, 0.2) is 0 Å². The molecule has 0 bridgehead atoms. The Hall–Kier alpha value is 0.0800. The Labute approximate surface area is 106 Å². The average molecular weight is 274 g/mol. The largest absolute Gasteiger partial charge is 0.466 e. The molecule has 0 rings (SSSR count). The van der Waals surface area contributed by atoms with Crippen LogP contribution in [0.15, 0.2) is 12.2 Å². The number of allylic oxidation sites excluding steroid dienone is 2. The number of alkyl halides is 3. The van der Waals surface area contributed by atoms with Crippen LogP contribution in [0.2, 0.25) is 0 Å². The molecule has 0 aliphatic carbocycles. The molecule has 0 fully saturated rings. The Morgan fingerprint density at radius 1 is 1.27 bits per heavy atom. The van der Waals surface area contributed by atoms with Gasteiger partial charge in [-0.3, -0.25) is 4.79 Å². The van der Waals surface area contributed by atoms with Gasteiger partial charge in [0.1, 0.15) is 0 Å². The molecule has 0 aliphatic rings. The monoisotopic (exact) mass is 272 g/mol. The molecule has 0 heterocycles. The Balaban J connectivity index is 4.30. The Morgan fingerprint density at radius 2 is 1.80 bits per heavy atom.